The molecule has 0 amide bonds. The molecule has 94 valence electrons. The van der Waals surface area contributed by atoms with Crippen LogP contribution in [0.4, 0.5) is 0 Å². The molecule has 0 saturated carbocycles. The molecule has 0 aromatic carbocycles. The molecule has 1 aliphatic heterocycles. The van der Waals surface area contributed by atoms with Crippen molar-refractivity contribution < 1.29 is 0 Å². The number of nitrogens with zero attached hydrogens (tertiary/aromatic N) is 3. The summed E-state index contributed by atoms with van der Waals surface area (Å²) in [6.07, 6.45) is 5.95. The predicted octanol–water partition coefficient (Wildman–Crippen LogP) is 1.60. The highest BCUT2D eigenvalue weighted by atomic mass is 79.9. The molecule has 1 aliphatic rings. The SMILES string of the molecule is BrCCCCN1CCNCC1c1ccncn1. The van der Waals surface area contributed by atoms with Crippen LogP contribution in [0.15, 0.2) is 18.6 Å². The predicted molar refractivity (Wildman–Crippen MR) is 72.2 cm³/mol. The molecule has 17 heavy (non-hydrogen) atoms. The van der Waals surface area contributed by atoms with E-state index in [0.29, 0.717) is 6.04 Å². The van der Waals surface area contributed by atoms with Gasteiger partial charge in [-0.05, 0) is 25.5 Å². The monoisotopic (exact) mass is 298 g/mol. The molecule has 0 spiro atoms. The summed E-state index contributed by atoms with van der Waals surface area (Å²) in [5.41, 5.74) is 1.13. The van der Waals surface area contributed by atoms with Gasteiger partial charge in [0.2, 0.25) is 0 Å². The minimum absolute atomic E-state index is 0.405. The van der Waals surface area contributed by atoms with Crippen molar-refractivity contribution in [1.29, 1.82) is 0 Å². The lowest BCUT2D eigenvalue weighted by Gasteiger charge is -2.35. The Bertz CT molecular complexity index is 320. The summed E-state index contributed by atoms with van der Waals surface area (Å²) < 4.78 is 0. The molecule has 1 atom stereocenters. The summed E-state index contributed by atoms with van der Waals surface area (Å²) in [5.74, 6) is 0. The van der Waals surface area contributed by atoms with Crippen LogP contribution in [0.25, 0.3) is 0 Å². The number of piperazine rings is 1. The summed E-state index contributed by atoms with van der Waals surface area (Å²) >= 11 is 3.48. The number of unbranched alkanes of at least 4 members (excludes halogenated alkanes) is 1. The molecule has 0 radical (unpaired) electrons. The van der Waals surface area contributed by atoms with Gasteiger partial charge in [0, 0.05) is 31.2 Å². The lowest BCUT2D eigenvalue weighted by atomic mass is 10.1. The maximum atomic E-state index is 4.38. The lowest BCUT2D eigenvalue weighted by Crippen LogP contribution is -2.46. The number of nitrogens with one attached hydrogen (secondary N) is 1. The number of hydrogen-bond acceptors (Lipinski definition) is 4. The molecule has 1 fully saturated rings. The van der Waals surface area contributed by atoms with Gasteiger partial charge in [-0.3, -0.25) is 4.90 Å². The Morgan fingerprint density at radius 2 is 2.41 bits per heavy atom. The lowest BCUT2D eigenvalue weighted by molar-refractivity contribution is 0.156. The zero-order valence-corrected chi connectivity index (χ0v) is 11.6. The number of aromatic nitrogens is 2. The van der Waals surface area contributed by atoms with Crippen molar-refractivity contribution >= 4 is 15.9 Å². The van der Waals surface area contributed by atoms with Gasteiger partial charge < -0.3 is 5.32 Å². The molecular weight excluding hydrogens is 280 g/mol. The van der Waals surface area contributed by atoms with E-state index in [0.717, 1.165) is 37.2 Å². The van der Waals surface area contributed by atoms with Gasteiger partial charge in [0.05, 0.1) is 11.7 Å². The Morgan fingerprint density at radius 1 is 1.47 bits per heavy atom. The first-order chi connectivity index (χ1) is 8.42. The quantitative estimate of drug-likeness (QED) is 0.662. The van der Waals surface area contributed by atoms with E-state index in [1.165, 1.54) is 12.8 Å². The van der Waals surface area contributed by atoms with E-state index in [4.69, 9.17) is 0 Å². The van der Waals surface area contributed by atoms with Crippen LogP contribution in [0.2, 0.25) is 0 Å². The molecule has 1 aromatic rings. The Labute approximate surface area is 111 Å². The van der Waals surface area contributed by atoms with E-state index in [1.807, 2.05) is 12.3 Å². The van der Waals surface area contributed by atoms with E-state index in [1.54, 1.807) is 6.33 Å². The van der Waals surface area contributed by atoms with E-state index in [-0.39, 0.29) is 0 Å². The fourth-order valence-electron chi connectivity index (χ4n) is 2.21. The third-order valence-electron chi connectivity index (χ3n) is 3.13. The van der Waals surface area contributed by atoms with E-state index in [9.17, 15) is 0 Å². The number of hydrogen-bond donors (Lipinski definition) is 1. The summed E-state index contributed by atoms with van der Waals surface area (Å²) in [4.78, 5) is 10.9. The van der Waals surface area contributed by atoms with Crippen LogP contribution in [0.1, 0.15) is 24.6 Å². The first-order valence-corrected chi connectivity index (χ1v) is 7.30. The van der Waals surface area contributed by atoms with Crippen LogP contribution >= 0.6 is 15.9 Å². The van der Waals surface area contributed by atoms with Crippen LogP contribution in [-0.4, -0.2) is 46.4 Å². The smallest absolute Gasteiger partial charge is 0.115 e. The third-order valence-corrected chi connectivity index (χ3v) is 3.69. The Hall–Kier alpha value is -0.520. The fraction of sp³-hybridized carbons (Fsp3) is 0.667. The van der Waals surface area contributed by atoms with E-state index < -0.39 is 0 Å². The van der Waals surface area contributed by atoms with Gasteiger partial charge >= 0.3 is 0 Å². The van der Waals surface area contributed by atoms with Crippen molar-refractivity contribution in [2.24, 2.45) is 0 Å². The van der Waals surface area contributed by atoms with Gasteiger partial charge in [0.25, 0.3) is 0 Å². The van der Waals surface area contributed by atoms with Crippen molar-refractivity contribution in [3.05, 3.63) is 24.3 Å². The van der Waals surface area contributed by atoms with Crippen LogP contribution in [0.3, 0.4) is 0 Å². The van der Waals surface area contributed by atoms with Crippen molar-refractivity contribution in [2.45, 2.75) is 18.9 Å². The number of halogens is 1. The fourth-order valence-corrected chi connectivity index (χ4v) is 2.61. The Morgan fingerprint density at radius 3 is 3.18 bits per heavy atom. The summed E-state index contributed by atoms with van der Waals surface area (Å²) in [6.45, 7) is 4.33. The molecule has 1 saturated heterocycles. The summed E-state index contributed by atoms with van der Waals surface area (Å²) in [7, 11) is 0. The summed E-state index contributed by atoms with van der Waals surface area (Å²) in [6, 6.07) is 2.43. The molecular formula is C12H19BrN4. The van der Waals surface area contributed by atoms with Crippen LogP contribution in [0.5, 0.6) is 0 Å². The maximum absolute atomic E-state index is 4.38. The average Bonchev–Trinajstić information content (AvgIpc) is 2.41. The van der Waals surface area contributed by atoms with Crippen molar-refractivity contribution in [3.63, 3.8) is 0 Å². The molecule has 4 nitrogen and oxygen atoms in total. The second-order valence-electron chi connectivity index (χ2n) is 4.29. The average molecular weight is 299 g/mol. The molecule has 5 heteroatoms. The number of alkyl halides is 1. The Balaban J connectivity index is 1.97. The van der Waals surface area contributed by atoms with Crippen molar-refractivity contribution in [3.8, 4) is 0 Å². The van der Waals surface area contributed by atoms with Crippen LogP contribution in [-0.2, 0) is 0 Å². The highest BCUT2D eigenvalue weighted by Crippen LogP contribution is 2.20. The second-order valence-corrected chi connectivity index (χ2v) is 5.08. The topological polar surface area (TPSA) is 41.0 Å². The van der Waals surface area contributed by atoms with Crippen molar-refractivity contribution in [2.75, 3.05) is 31.5 Å². The first-order valence-electron chi connectivity index (χ1n) is 6.18. The van der Waals surface area contributed by atoms with E-state index in [2.05, 4.69) is 36.1 Å². The van der Waals surface area contributed by atoms with Crippen LogP contribution < -0.4 is 5.32 Å². The van der Waals surface area contributed by atoms with Crippen LogP contribution in [0, 0.1) is 0 Å². The van der Waals surface area contributed by atoms with Crippen molar-refractivity contribution in [1.82, 2.24) is 20.2 Å². The van der Waals surface area contributed by atoms with Gasteiger partial charge in [-0.25, -0.2) is 9.97 Å². The minimum atomic E-state index is 0.405. The Kier molecular flexibility index (Phi) is 5.35. The maximum Gasteiger partial charge on any atom is 0.115 e. The zero-order valence-electron chi connectivity index (χ0n) is 9.98. The molecule has 2 heterocycles. The van der Waals surface area contributed by atoms with Gasteiger partial charge in [-0.2, -0.15) is 0 Å². The highest BCUT2D eigenvalue weighted by molar-refractivity contribution is 9.09. The minimum Gasteiger partial charge on any atom is -0.313 e. The normalized spacial score (nSPS) is 21.6. The molecule has 1 unspecified atom stereocenters. The van der Waals surface area contributed by atoms with Gasteiger partial charge in [0.15, 0.2) is 0 Å². The first kappa shape index (κ1) is 12.9. The van der Waals surface area contributed by atoms with Gasteiger partial charge in [-0.1, -0.05) is 15.9 Å². The molecule has 0 aliphatic carbocycles. The number of rotatable bonds is 5. The highest BCUT2D eigenvalue weighted by Gasteiger charge is 2.23. The third kappa shape index (κ3) is 3.72. The molecule has 1 aromatic heterocycles. The zero-order chi connectivity index (χ0) is 11.9. The molecule has 0 bridgehead atoms. The largest absolute Gasteiger partial charge is 0.313 e. The standard InChI is InChI=1S/C12H19BrN4/c13-4-1-2-7-17-8-6-14-9-12(17)11-3-5-15-10-16-11/h3,5,10,12,14H,1-2,4,6-9H2. The van der Waals surface area contributed by atoms with Gasteiger partial charge in [0.1, 0.15) is 6.33 Å². The second kappa shape index (κ2) is 7.03. The van der Waals surface area contributed by atoms with Gasteiger partial charge in [-0.15, -0.1) is 0 Å². The molecule has 1 N–H and O–H groups in total. The molecule has 2 rings (SSSR count). The summed E-state index contributed by atoms with van der Waals surface area (Å²) in [5, 5.41) is 4.54. The van der Waals surface area contributed by atoms with E-state index >= 15 is 0 Å².